The second kappa shape index (κ2) is 6.46. The van der Waals surface area contributed by atoms with Crippen LogP contribution in [0, 0.1) is 0 Å². The van der Waals surface area contributed by atoms with Crippen LogP contribution in [0.3, 0.4) is 0 Å². The minimum atomic E-state index is -0.00671. The molecule has 20 heavy (non-hydrogen) atoms. The van der Waals surface area contributed by atoms with Gasteiger partial charge in [-0.2, -0.15) is 0 Å². The van der Waals surface area contributed by atoms with E-state index in [0.717, 1.165) is 18.7 Å². The van der Waals surface area contributed by atoms with Crippen LogP contribution in [0.1, 0.15) is 35.7 Å². The first-order chi connectivity index (χ1) is 9.54. The Bertz CT molecular complexity index is 497. The van der Waals surface area contributed by atoms with Crippen molar-refractivity contribution in [3.8, 4) is 5.75 Å². The van der Waals surface area contributed by atoms with Crippen LogP contribution in [-0.4, -0.2) is 44.1 Å². The zero-order chi connectivity index (χ0) is 14.7. The van der Waals surface area contributed by atoms with E-state index in [4.69, 9.17) is 16.3 Å². The molecule has 1 heterocycles. The van der Waals surface area contributed by atoms with Crippen molar-refractivity contribution < 1.29 is 9.53 Å². The number of hydrogen-bond acceptors (Lipinski definition) is 3. The molecule has 1 aromatic carbocycles. The van der Waals surface area contributed by atoms with Gasteiger partial charge in [-0.1, -0.05) is 25.4 Å². The summed E-state index contributed by atoms with van der Waals surface area (Å²) in [7, 11) is 1.60. The second-order valence-corrected chi connectivity index (χ2v) is 5.71. The summed E-state index contributed by atoms with van der Waals surface area (Å²) in [5.41, 5.74) is 1.53. The summed E-state index contributed by atoms with van der Waals surface area (Å²) >= 11 is 6.17. The van der Waals surface area contributed by atoms with Crippen molar-refractivity contribution in [2.24, 2.45) is 0 Å². The van der Waals surface area contributed by atoms with E-state index in [2.05, 4.69) is 19.2 Å². The van der Waals surface area contributed by atoms with Crippen LogP contribution in [-0.2, 0) is 0 Å². The number of nitrogens with zero attached hydrogens (tertiary/aromatic N) is 1. The van der Waals surface area contributed by atoms with Gasteiger partial charge in [-0.3, -0.25) is 4.79 Å². The molecular formula is C15H21ClN2O2. The van der Waals surface area contributed by atoms with Crippen molar-refractivity contribution in [3.63, 3.8) is 0 Å². The number of methoxy groups -OCH3 is 1. The molecule has 1 aliphatic heterocycles. The molecule has 1 amide bonds. The molecule has 1 fully saturated rings. The van der Waals surface area contributed by atoms with E-state index < -0.39 is 0 Å². The lowest BCUT2D eigenvalue weighted by Gasteiger charge is -2.28. The maximum atomic E-state index is 12.7. The van der Waals surface area contributed by atoms with Crippen LogP contribution in [0.2, 0.25) is 5.02 Å². The number of hydrogen-bond donors (Lipinski definition) is 1. The Kier molecular flexibility index (Phi) is 4.89. The number of carbonyl (C=O) groups is 1. The van der Waals surface area contributed by atoms with Crippen LogP contribution in [0.5, 0.6) is 5.75 Å². The average molecular weight is 297 g/mol. The van der Waals surface area contributed by atoms with Crippen LogP contribution in [0.25, 0.3) is 0 Å². The highest BCUT2D eigenvalue weighted by Gasteiger charge is 2.24. The van der Waals surface area contributed by atoms with Crippen LogP contribution in [0.4, 0.5) is 0 Å². The quantitative estimate of drug-likeness (QED) is 0.932. The molecule has 0 radical (unpaired) electrons. The third kappa shape index (κ3) is 3.07. The molecule has 1 aromatic rings. The average Bonchev–Trinajstić information content (AvgIpc) is 2.46. The standard InChI is InChI=1S/C15H21ClN2O2/c1-10(2)12-8-11(16)9-13(14(12)20-3)15(19)18-6-4-17-5-7-18/h8-10,17H,4-7H2,1-3H3. The molecule has 0 spiro atoms. The van der Waals surface area contributed by atoms with Gasteiger partial charge >= 0.3 is 0 Å². The van der Waals surface area contributed by atoms with Crippen LogP contribution in [0.15, 0.2) is 12.1 Å². The topological polar surface area (TPSA) is 41.6 Å². The number of amides is 1. The van der Waals surface area contributed by atoms with Crippen molar-refractivity contribution in [1.29, 1.82) is 0 Å². The van der Waals surface area contributed by atoms with Crippen molar-refractivity contribution >= 4 is 17.5 Å². The molecule has 1 saturated heterocycles. The Morgan fingerprint density at radius 3 is 2.55 bits per heavy atom. The molecule has 0 bridgehead atoms. The first-order valence-corrected chi connectivity index (χ1v) is 7.29. The predicted molar refractivity (Wildman–Crippen MR) is 80.9 cm³/mol. The molecule has 0 saturated carbocycles. The fraction of sp³-hybridized carbons (Fsp3) is 0.533. The number of halogens is 1. The zero-order valence-electron chi connectivity index (χ0n) is 12.2. The Morgan fingerprint density at radius 2 is 2.00 bits per heavy atom. The van der Waals surface area contributed by atoms with Crippen molar-refractivity contribution in [2.45, 2.75) is 19.8 Å². The number of rotatable bonds is 3. The number of piperazine rings is 1. The van der Waals surface area contributed by atoms with Gasteiger partial charge in [0, 0.05) is 31.2 Å². The van der Waals surface area contributed by atoms with Crippen molar-refractivity contribution in [2.75, 3.05) is 33.3 Å². The number of ether oxygens (including phenoxy) is 1. The summed E-state index contributed by atoms with van der Waals surface area (Å²) < 4.78 is 5.48. The highest BCUT2D eigenvalue weighted by atomic mass is 35.5. The van der Waals surface area contributed by atoms with Gasteiger partial charge < -0.3 is 15.0 Å². The Balaban J connectivity index is 2.41. The summed E-state index contributed by atoms with van der Waals surface area (Å²) in [6.45, 7) is 7.20. The lowest BCUT2D eigenvalue weighted by atomic mass is 9.98. The third-order valence-corrected chi connectivity index (χ3v) is 3.76. The zero-order valence-corrected chi connectivity index (χ0v) is 13.0. The molecule has 2 rings (SSSR count). The van der Waals surface area contributed by atoms with Gasteiger partial charge in [0.25, 0.3) is 5.91 Å². The largest absolute Gasteiger partial charge is 0.496 e. The molecule has 1 aliphatic rings. The highest BCUT2D eigenvalue weighted by molar-refractivity contribution is 6.31. The molecule has 0 atom stereocenters. The fourth-order valence-corrected chi connectivity index (χ4v) is 2.70. The number of carbonyl (C=O) groups excluding carboxylic acids is 1. The van der Waals surface area contributed by atoms with E-state index in [1.54, 1.807) is 13.2 Å². The van der Waals surface area contributed by atoms with E-state index in [9.17, 15) is 4.79 Å². The van der Waals surface area contributed by atoms with Crippen LogP contribution < -0.4 is 10.1 Å². The lowest BCUT2D eigenvalue weighted by molar-refractivity contribution is 0.0732. The molecule has 4 nitrogen and oxygen atoms in total. The maximum Gasteiger partial charge on any atom is 0.257 e. The normalized spacial score (nSPS) is 15.6. The van der Waals surface area contributed by atoms with E-state index in [1.807, 2.05) is 11.0 Å². The molecule has 0 aromatic heterocycles. The van der Waals surface area contributed by atoms with Gasteiger partial charge in [0.2, 0.25) is 0 Å². The Labute approximate surface area is 125 Å². The minimum absolute atomic E-state index is 0.00671. The van der Waals surface area contributed by atoms with Gasteiger partial charge in [-0.15, -0.1) is 0 Å². The van der Waals surface area contributed by atoms with E-state index in [-0.39, 0.29) is 11.8 Å². The highest BCUT2D eigenvalue weighted by Crippen LogP contribution is 2.34. The SMILES string of the molecule is COc1c(C(=O)N2CCNCC2)cc(Cl)cc1C(C)C. The van der Waals surface area contributed by atoms with Crippen molar-refractivity contribution in [3.05, 3.63) is 28.3 Å². The van der Waals surface area contributed by atoms with E-state index >= 15 is 0 Å². The fourth-order valence-electron chi connectivity index (χ4n) is 2.47. The molecule has 0 aliphatic carbocycles. The first kappa shape index (κ1) is 15.1. The molecule has 1 N–H and O–H groups in total. The van der Waals surface area contributed by atoms with Gasteiger partial charge in [-0.05, 0) is 23.6 Å². The smallest absolute Gasteiger partial charge is 0.257 e. The van der Waals surface area contributed by atoms with Gasteiger partial charge in [0.05, 0.1) is 12.7 Å². The molecular weight excluding hydrogens is 276 g/mol. The lowest BCUT2D eigenvalue weighted by Crippen LogP contribution is -2.46. The Hall–Kier alpha value is -1.26. The van der Waals surface area contributed by atoms with Crippen LogP contribution >= 0.6 is 11.6 Å². The monoisotopic (exact) mass is 296 g/mol. The van der Waals surface area contributed by atoms with E-state index in [0.29, 0.717) is 29.4 Å². The number of benzene rings is 1. The number of nitrogens with one attached hydrogen (secondary N) is 1. The summed E-state index contributed by atoms with van der Waals surface area (Å²) in [6, 6.07) is 3.58. The third-order valence-electron chi connectivity index (χ3n) is 3.54. The molecule has 110 valence electrons. The second-order valence-electron chi connectivity index (χ2n) is 5.27. The predicted octanol–water partition coefficient (Wildman–Crippen LogP) is 2.52. The minimum Gasteiger partial charge on any atom is -0.496 e. The maximum absolute atomic E-state index is 12.7. The molecule has 5 heteroatoms. The van der Waals surface area contributed by atoms with Gasteiger partial charge in [0.1, 0.15) is 5.75 Å². The summed E-state index contributed by atoms with van der Waals surface area (Å²) in [4.78, 5) is 14.5. The first-order valence-electron chi connectivity index (χ1n) is 6.92. The van der Waals surface area contributed by atoms with Gasteiger partial charge in [-0.25, -0.2) is 0 Å². The summed E-state index contributed by atoms with van der Waals surface area (Å²) in [5.74, 6) is 0.888. The van der Waals surface area contributed by atoms with Crippen molar-refractivity contribution in [1.82, 2.24) is 10.2 Å². The summed E-state index contributed by atoms with van der Waals surface area (Å²) in [6.07, 6.45) is 0. The summed E-state index contributed by atoms with van der Waals surface area (Å²) in [5, 5.41) is 3.82. The molecule has 0 unspecified atom stereocenters. The Morgan fingerprint density at radius 1 is 1.35 bits per heavy atom. The van der Waals surface area contributed by atoms with Gasteiger partial charge in [0.15, 0.2) is 0 Å². The van der Waals surface area contributed by atoms with E-state index in [1.165, 1.54) is 0 Å².